The molecule has 2 nitrogen and oxygen atoms in total. The molecule has 2 aromatic rings. The molecule has 0 atom stereocenters. The van der Waals surface area contributed by atoms with Gasteiger partial charge in [-0.3, -0.25) is 4.98 Å². The summed E-state index contributed by atoms with van der Waals surface area (Å²) >= 11 is 1.74. The van der Waals surface area contributed by atoms with Gasteiger partial charge in [0.05, 0.1) is 17.6 Å². The number of pyridine rings is 1. The molecule has 0 saturated carbocycles. The van der Waals surface area contributed by atoms with Crippen molar-refractivity contribution in [1.82, 2.24) is 4.98 Å². The molecular formula is C13H14N2S. The van der Waals surface area contributed by atoms with Crippen molar-refractivity contribution >= 4 is 17.4 Å². The number of nitrogen functional groups attached to an aromatic ring is 1. The summed E-state index contributed by atoms with van der Waals surface area (Å²) in [6, 6.07) is 10.4. The third-order valence-electron chi connectivity index (χ3n) is 2.46. The smallest absolute Gasteiger partial charge is 0.0732 e. The zero-order valence-corrected chi connectivity index (χ0v) is 10.2. The Bertz CT molecular complexity index is 492. The highest BCUT2D eigenvalue weighted by atomic mass is 32.2. The molecule has 0 radical (unpaired) electrons. The van der Waals surface area contributed by atoms with Gasteiger partial charge in [-0.25, -0.2) is 0 Å². The van der Waals surface area contributed by atoms with Crippen molar-refractivity contribution in [3.8, 4) is 11.3 Å². The van der Waals surface area contributed by atoms with Crippen molar-refractivity contribution in [1.29, 1.82) is 0 Å². The summed E-state index contributed by atoms with van der Waals surface area (Å²) in [6.07, 6.45) is 3.77. The third-order valence-corrected chi connectivity index (χ3v) is 3.21. The highest BCUT2D eigenvalue weighted by Crippen LogP contribution is 2.24. The van der Waals surface area contributed by atoms with Gasteiger partial charge >= 0.3 is 0 Å². The van der Waals surface area contributed by atoms with Crippen LogP contribution in [0.15, 0.2) is 41.4 Å². The number of benzene rings is 1. The van der Waals surface area contributed by atoms with Crippen LogP contribution in [-0.4, -0.2) is 11.2 Å². The predicted octanol–water partition coefficient (Wildman–Crippen LogP) is 3.36. The van der Waals surface area contributed by atoms with E-state index in [-0.39, 0.29) is 0 Å². The van der Waals surface area contributed by atoms with Crippen molar-refractivity contribution in [2.75, 3.05) is 12.0 Å². The number of hydrogen-bond acceptors (Lipinski definition) is 3. The fourth-order valence-electron chi connectivity index (χ4n) is 1.65. The quantitative estimate of drug-likeness (QED) is 0.804. The summed E-state index contributed by atoms with van der Waals surface area (Å²) in [5, 5.41) is 0. The molecule has 0 aliphatic heterocycles. The molecule has 0 aliphatic carbocycles. The lowest BCUT2D eigenvalue weighted by Gasteiger charge is -2.06. The van der Waals surface area contributed by atoms with Gasteiger partial charge in [-0.15, -0.1) is 11.8 Å². The second-order valence-corrected chi connectivity index (χ2v) is 4.54. The molecule has 1 aromatic heterocycles. The summed E-state index contributed by atoms with van der Waals surface area (Å²) < 4.78 is 0. The number of nitrogens with two attached hydrogens (primary N) is 1. The van der Waals surface area contributed by atoms with Gasteiger partial charge in [0.25, 0.3) is 0 Å². The van der Waals surface area contributed by atoms with Crippen LogP contribution in [0.3, 0.4) is 0 Å². The maximum atomic E-state index is 5.69. The third kappa shape index (κ3) is 2.19. The first-order chi connectivity index (χ1) is 7.70. The van der Waals surface area contributed by atoms with Crippen LogP contribution in [0.25, 0.3) is 11.3 Å². The van der Waals surface area contributed by atoms with E-state index in [1.807, 2.05) is 13.0 Å². The van der Waals surface area contributed by atoms with Gasteiger partial charge in [0.2, 0.25) is 0 Å². The van der Waals surface area contributed by atoms with Crippen LogP contribution in [0, 0.1) is 6.92 Å². The Morgan fingerprint density at radius 1 is 1.19 bits per heavy atom. The average Bonchev–Trinajstić information content (AvgIpc) is 2.29. The second-order valence-electron chi connectivity index (χ2n) is 3.66. The minimum absolute atomic E-state index is 0.710. The Morgan fingerprint density at radius 2 is 1.88 bits per heavy atom. The van der Waals surface area contributed by atoms with E-state index in [4.69, 9.17) is 5.73 Å². The van der Waals surface area contributed by atoms with Crippen molar-refractivity contribution in [2.24, 2.45) is 0 Å². The first-order valence-corrected chi connectivity index (χ1v) is 6.29. The van der Waals surface area contributed by atoms with E-state index in [0.717, 1.165) is 16.8 Å². The van der Waals surface area contributed by atoms with E-state index < -0.39 is 0 Å². The Labute approximate surface area is 99.9 Å². The molecule has 0 unspecified atom stereocenters. The first-order valence-electron chi connectivity index (χ1n) is 5.07. The van der Waals surface area contributed by atoms with Gasteiger partial charge in [0.1, 0.15) is 0 Å². The lowest BCUT2D eigenvalue weighted by Crippen LogP contribution is -1.92. The second kappa shape index (κ2) is 4.58. The zero-order chi connectivity index (χ0) is 11.5. The molecule has 2 N–H and O–H groups in total. The highest BCUT2D eigenvalue weighted by molar-refractivity contribution is 7.98. The van der Waals surface area contributed by atoms with Crippen molar-refractivity contribution in [3.05, 3.63) is 42.1 Å². The molecule has 2 rings (SSSR count). The zero-order valence-electron chi connectivity index (χ0n) is 9.40. The number of anilines is 1. The number of aromatic nitrogens is 1. The average molecular weight is 230 g/mol. The van der Waals surface area contributed by atoms with E-state index in [2.05, 4.69) is 35.5 Å². The van der Waals surface area contributed by atoms with E-state index in [9.17, 15) is 0 Å². The molecule has 1 aromatic carbocycles. The molecule has 0 spiro atoms. The number of hydrogen-bond donors (Lipinski definition) is 1. The largest absolute Gasteiger partial charge is 0.397 e. The van der Waals surface area contributed by atoms with Crippen molar-refractivity contribution < 1.29 is 0 Å². The number of thioether (sulfide) groups is 1. The van der Waals surface area contributed by atoms with E-state index in [0.29, 0.717) is 5.69 Å². The first kappa shape index (κ1) is 11.0. The standard InChI is InChI=1S/C13H14N2S/c1-9-7-11(14)8-15-13(9)10-3-5-12(16-2)6-4-10/h3-8H,14H2,1-2H3. The van der Waals surface area contributed by atoms with E-state index >= 15 is 0 Å². The molecule has 0 amide bonds. The maximum absolute atomic E-state index is 5.69. The fourth-order valence-corrected chi connectivity index (χ4v) is 2.06. The summed E-state index contributed by atoms with van der Waals surface area (Å²) in [5.74, 6) is 0. The van der Waals surface area contributed by atoms with Gasteiger partial charge in [-0.1, -0.05) is 12.1 Å². The summed E-state index contributed by atoms with van der Waals surface area (Å²) in [6.45, 7) is 2.03. The van der Waals surface area contributed by atoms with Crippen LogP contribution < -0.4 is 5.73 Å². The minimum Gasteiger partial charge on any atom is -0.397 e. The summed E-state index contributed by atoms with van der Waals surface area (Å²) in [7, 11) is 0. The lowest BCUT2D eigenvalue weighted by atomic mass is 10.1. The predicted molar refractivity (Wildman–Crippen MR) is 70.6 cm³/mol. The molecule has 0 bridgehead atoms. The van der Waals surface area contributed by atoms with Crippen molar-refractivity contribution in [2.45, 2.75) is 11.8 Å². The number of nitrogens with zero attached hydrogens (tertiary/aromatic N) is 1. The van der Waals surface area contributed by atoms with Gasteiger partial charge in [-0.05, 0) is 36.9 Å². The Morgan fingerprint density at radius 3 is 2.44 bits per heavy atom. The monoisotopic (exact) mass is 230 g/mol. The number of rotatable bonds is 2. The molecule has 82 valence electrons. The molecule has 1 heterocycles. The molecule has 16 heavy (non-hydrogen) atoms. The summed E-state index contributed by atoms with van der Waals surface area (Å²) in [4.78, 5) is 5.63. The Balaban J connectivity index is 2.42. The molecular weight excluding hydrogens is 216 g/mol. The maximum Gasteiger partial charge on any atom is 0.0732 e. The Kier molecular flexibility index (Phi) is 3.15. The van der Waals surface area contributed by atoms with E-state index in [1.165, 1.54) is 4.90 Å². The van der Waals surface area contributed by atoms with Crippen LogP contribution in [0.1, 0.15) is 5.56 Å². The van der Waals surface area contributed by atoms with E-state index in [1.54, 1.807) is 18.0 Å². The SMILES string of the molecule is CSc1ccc(-c2ncc(N)cc2C)cc1. The Hall–Kier alpha value is -1.48. The summed E-state index contributed by atoms with van der Waals surface area (Å²) in [5.41, 5.74) is 9.64. The van der Waals surface area contributed by atoms with Gasteiger partial charge in [0.15, 0.2) is 0 Å². The number of aryl methyl sites for hydroxylation is 1. The molecule has 0 aliphatic rings. The molecule has 3 heteroatoms. The van der Waals surface area contributed by atoms with Gasteiger partial charge in [-0.2, -0.15) is 0 Å². The van der Waals surface area contributed by atoms with Crippen LogP contribution >= 0.6 is 11.8 Å². The highest BCUT2D eigenvalue weighted by Gasteiger charge is 2.03. The van der Waals surface area contributed by atoms with Crippen LogP contribution in [0.2, 0.25) is 0 Å². The van der Waals surface area contributed by atoms with Crippen LogP contribution in [0.5, 0.6) is 0 Å². The fraction of sp³-hybridized carbons (Fsp3) is 0.154. The molecule has 0 fully saturated rings. The molecule has 0 saturated heterocycles. The van der Waals surface area contributed by atoms with Crippen LogP contribution in [0.4, 0.5) is 5.69 Å². The van der Waals surface area contributed by atoms with Gasteiger partial charge in [0, 0.05) is 10.5 Å². The topological polar surface area (TPSA) is 38.9 Å². The lowest BCUT2D eigenvalue weighted by molar-refractivity contribution is 1.27. The van der Waals surface area contributed by atoms with Gasteiger partial charge < -0.3 is 5.73 Å². The van der Waals surface area contributed by atoms with Crippen LogP contribution in [-0.2, 0) is 0 Å². The van der Waals surface area contributed by atoms with Crippen molar-refractivity contribution in [3.63, 3.8) is 0 Å². The normalized spacial score (nSPS) is 10.4. The minimum atomic E-state index is 0.710.